The minimum atomic E-state index is -1.83. The van der Waals surface area contributed by atoms with E-state index in [0.717, 1.165) is 27.9 Å². The maximum atomic E-state index is 17.4. The Bertz CT molecular complexity index is 1610. The molecule has 8 unspecified atom stereocenters. The van der Waals surface area contributed by atoms with Gasteiger partial charge in [0.05, 0.1) is 27.5 Å². The van der Waals surface area contributed by atoms with Crippen LogP contribution in [-0.2, 0) is 4.79 Å². The molecule has 3 aromatic rings. The maximum Gasteiger partial charge on any atom is 0.257 e. The summed E-state index contributed by atoms with van der Waals surface area (Å²) in [5, 5.41) is 17.1. The number of halogens is 1. The number of thiazole rings is 2. The molecule has 6 nitrogen and oxygen atoms in total. The van der Waals surface area contributed by atoms with Gasteiger partial charge in [-0.1, -0.05) is 25.5 Å². The van der Waals surface area contributed by atoms with Crippen molar-refractivity contribution in [1.82, 2.24) is 9.97 Å². The molecule has 1 aromatic carbocycles. The summed E-state index contributed by atoms with van der Waals surface area (Å²) in [4.78, 5) is 34.2. The molecule has 208 valence electrons. The fourth-order valence-electron chi connectivity index (χ4n) is 8.86. The van der Waals surface area contributed by atoms with Crippen molar-refractivity contribution in [3.05, 3.63) is 64.1 Å². The summed E-state index contributed by atoms with van der Waals surface area (Å²) >= 11 is 2.90. The fraction of sp³-hybridized carbons (Fsp3) is 0.484. The Hall–Kier alpha value is -2.75. The first-order chi connectivity index (χ1) is 19.0. The number of hydrogen-bond acceptors (Lipinski definition) is 7. The third-order valence-electron chi connectivity index (χ3n) is 10.6. The van der Waals surface area contributed by atoms with E-state index in [4.69, 9.17) is 4.98 Å². The van der Waals surface area contributed by atoms with Gasteiger partial charge in [-0.25, -0.2) is 14.4 Å². The molecular weight excluding hydrogens is 545 g/mol. The smallest absolute Gasteiger partial charge is 0.257 e. The number of aliphatic hydroxyl groups excluding tert-OH is 1. The van der Waals surface area contributed by atoms with Gasteiger partial charge in [-0.3, -0.25) is 14.9 Å². The number of anilines is 1. The second-order valence-electron chi connectivity index (χ2n) is 12.6. The lowest BCUT2D eigenvalue weighted by Gasteiger charge is -2.62. The van der Waals surface area contributed by atoms with E-state index in [9.17, 15) is 14.7 Å². The number of aliphatic hydroxyl groups is 1. The van der Waals surface area contributed by atoms with Crippen LogP contribution in [0.5, 0.6) is 0 Å². The zero-order chi connectivity index (χ0) is 28.0. The Morgan fingerprint density at radius 3 is 2.88 bits per heavy atom. The van der Waals surface area contributed by atoms with Crippen molar-refractivity contribution in [2.24, 2.45) is 28.6 Å². The van der Waals surface area contributed by atoms with E-state index in [-0.39, 0.29) is 40.8 Å². The van der Waals surface area contributed by atoms with Gasteiger partial charge in [-0.05, 0) is 80.2 Å². The highest BCUT2D eigenvalue weighted by molar-refractivity contribution is 7.16. The number of fused-ring (bicyclic) bond motifs is 6. The molecule has 4 aliphatic rings. The van der Waals surface area contributed by atoms with Gasteiger partial charge < -0.3 is 5.11 Å². The number of alkyl halides is 1. The lowest BCUT2D eigenvalue weighted by atomic mass is 9.45. The Morgan fingerprint density at radius 2 is 2.05 bits per heavy atom. The summed E-state index contributed by atoms with van der Waals surface area (Å²) in [7, 11) is 0. The highest BCUT2D eigenvalue weighted by atomic mass is 32.1. The number of amides is 1. The van der Waals surface area contributed by atoms with Crippen LogP contribution in [0.2, 0.25) is 0 Å². The van der Waals surface area contributed by atoms with Crippen LogP contribution < -0.4 is 5.32 Å². The van der Waals surface area contributed by atoms with Crippen LogP contribution in [0.15, 0.2) is 52.9 Å². The molecule has 2 heterocycles. The van der Waals surface area contributed by atoms with Crippen molar-refractivity contribution in [2.45, 2.75) is 64.1 Å². The lowest BCUT2D eigenvalue weighted by Crippen LogP contribution is -2.66. The van der Waals surface area contributed by atoms with Crippen molar-refractivity contribution in [3.8, 4) is 0 Å². The van der Waals surface area contributed by atoms with Gasteiger partial charge in [0.25, 0.3) is 5.91 Å². The van der Waals surface area contributed by atoms with E-state index in [0.29, 0.717) is 30.0 Å². The molecular formula is C31H32FN3O3S2. The van der Waals surface area contributed by atoms with Gasteiger partial charge in [0, 0.05) is 28.2 Å². The van der Waals surface area contributed by atoms with Crippen molar-refractivity contribution in [1.29, 1.82) is 0 Å². The normalized spacial score (nSPS) is 38.5. The fourth-order valence-corrected chi connectivity index (χ4v) is 10.3. The number of aromatic nitrogens is 2. The Kier molecular flexibility index (Phi) is 5.80. The molecule has 40 heavy (non-hydrogen) atoms. The van der Waals surface area contributed by atoms with E-state index in [2.05, 4.69) is 24.1 Å². The molecule has 3 fully saturated rings. The quantitative estimate of drug-likeness (QED) is 0.361. The van der Waals surface area contributed by atoms with Gasteiger partial charge >= 0.3 is 0 Å². The number of rotatable bonds is 3. The number of benzene rings is 1. The zero-order valence-electron chi connectivity index (χ0n) is 22.7. The Labute approximate surface area is 240 Å². The second-order valence-corrected chi connectivity index (χ2v) is 14.4. The Balaban J connectivity index is 1.17. The molecule has 4 aliphatic carbocycles. The van der Waals surface area contributed by atoms with Crippen LogP contribution in [0.4, 0.5) is 9.52 Å². The first-order valence-corrected chi connectivity index (χ1v) is 15.7. The second kappa shape index (κ2) is 8.87. The van der Waals surface area contributed by atoms with Crippen molar-refractivity contribution >= 4 is 49.7 Å². The predicted molar refractivity (Wildman–Crippen MR) is 155 cm³/mol. The molecule has 0 spiro atoms. The zero-order valence-corrected chi connectivity index (χ0v) is 24.3. The molecule has 9 heteroatoms. The average Bonchev–Trinajstić information content (AvgIpc) is 3.62. The number of carbonyl (C=O) groups is 2. The molecule has 0 bridgehead atoms. The summed E-state index contributed by atoms with van der Waals surface area (Å²) in [5.74, 6) is -0.259. The van der Waals surface area contributed by atoms with Crippen molar-refractivity contribution < 1.29 is 19.1 Å². The minimum Gasteiger partial charge on any atom is -0.390 e. The van der Waals surface area contributed by atoms with Gasteiger partial charge in [-0.15, -0.1) is 22.7 Å². The van der Waals surface area contributed by atoms with E-state index in [1.54, 1.807) is 23.7 Å². The molecule has 2 aromatic heterocycles. The van der Waals surface area contributed by atoms with E-state index in [1.165, 1.54) is 28.7 Å². The van der Waals surface area contributed by atoms with Crippen LogP contribution in [0.3, 0.4) is 0 Å². The van der Waals surface area contributed by atoms with E-state index in [1.807, 2.05) is 24.4 Å². The SMILES string of the molecule is CC1CC2C3CCC4=CC(=O)C=CC4(C)C3(F)C(O)CC2(C)C1c1csc(NC(=O)c2ccc3ncsc3c2)n1. The van der Waals surface area contributed by atoms with Gasteiger partial charge in [0.15, 0.2) is 16.6 Å². The predicted octanol–water partition coefficient (Wildman–Crippen LogP) is 6.71. The van der Waals surface area contributed by atoms with Crippen molar-refractivity contribution in [2.75, 3.05) is 5.32 Å². The number of carbonyl (C=O) groups excluding carboxylic acids is 2. The van der Waals surface area contributed by atoms with Gasteiger partial charge in [0.2, 0.25) is 0 Å². The summed E-state index contributed by atoms with van der Waals surface area (Å²) in [6.07, 6.45) is 6.08. The molecule has 7 rings (SSSR count). The summed E-state index contributed by atoms with van der Waals surface area (Å²) in [6.45, 7) is 6.26. The lowest BCUT2D eigenvalue weighted by molar-refractivity contribution is -0.191. The van der Waals surface area contributed by atoms with Gasteiger partial charge in [-0.2, -0.15) is 0 Å². The van der Waals surface area contributed by atoms with Crippen molar-refractivity contribution in [3.63, 3.8) is 0 Å². The first kappa shape index (κ1) is 26.2. The third kappa shape index (κ3) is 3.53. The summed E-state index contributed by atoms with van der Waals surface area (Å²) < 4.78 is 18.3. The number of ketones is 1. The molecule has 0 saturated heterocycles. The van der Waals surface area contributed by atoms with Crippen LogP contribution >= 0.6 is 22.7 Å². The van der Waals surface area contributed by atoms with Gasteiger partial charge in [0.1, 0.15) is 0 Å². The van der Waals surface area contributed by atoms with Crippen LogP contribution in [0.25, 0.3) is 10.2 Å². The highest BCUT2D eigenvalue weighted by Gasteiger charge is 2.71. The van der Waals surface area contributed by atoms with Crippen LogP contribution in [0, 0.1) is 28.6 Å². The summed E-state index contributed by atoms with van der Waals surface area (Å²) in [5.41, 5.74) is 1.76. The van der Waals surface area contributed by atoms with E-state index >= 15 is 4.39 Å². The maximum absolute atomic E-state index is 17.4. The number of allylic oxidation sites excluding steroid dienone is 4. The standard InChI is InChI=1S/C31H32FN3O3S2/c1-16-10-21-20-6-5-18-12-19(36)8-9-30(18,3)31(20,32)25(37)13-29(21,2)26(16)23-14-39-28(34-23)35-27(38)17-4-7-22-24(11-17)40-15-33-22/h4,7-9,11-12,14-16,20-21,25-26,37H,5-6,10,13H2,1-3H3,(H,34,35,38). The third-order valence-corrected chi connectivity index (χ3v) is 12.2. The monoisotopic (exact) mass is 577 g/mol. The molecule has 0 aliphatic heterocycles. The molecule has 0 radical (unpaired) electrons. The number of nitrogens with one attached hydrogen (secondary N) is 1. The topological polar surface area (TPSA) is 92.2 Å². The molecule has 8 atom stereocenters. The minimum absolute atomic E-state index is 0.0420. The van der Waals surface area contributed by atoms with E-state index < -0.39 is 17.2 Å². The number of hydrogen-bond donors (Lipinski definition) is 2. The first-order valence-electron chi connectivity index (χ1n) is 14.0. The molecule has 3 saturated carbocycles. The van der Waals surface area contributed by atoms with Crippen LogP contribution in [0.1, 0.15) is 68.4 Å². The summed E-state index contributed by atoms with van der Waals surface area (Å²) in [6, 6.07) is 5.46. The highest BCUT2D eigenvalue weighted by Crippen LogP contribution is 2.71. The largest absolute Gasteiger partial charge is 0.390 e. The average molecular weight is 578 g/mol. The number of nitrogens with zero attached hydrogens (tertiary/aromatic N) is 2. The van der Waals surface area contributed by atoms with Crippen LogP contribution in [-0.4, -0.2) is 38.5 Å². The molecule has 2 N–H and O–H groups in total. The molecule has 1 amide bonds. The Morgan fingerprint density at radius 1 is 1.23 bits per heavy atom.